The summed E-state index contributed by atoms with van der Waals surface area (Å²) in [4.78, 5) is 13.7. The standard InChI is InChI=1S/C16H29N5/c1-5-9-17-10-14-11-18-12-15(19-14)21(4)13-16(20(2)3)7-6-8-16/h11-12,17H,5-10,13H2,1-4H3. The van der Waals surface area contributed by atoms with Crippen LogP contribution in [0.1, 0.15) is 38.3 Å². The normalized spacial score (nSPS) is 16.8. The van der Waals surface area contributed by atoms with E-state index in [2.05, 4.69) is 48.2 Å². The molecule has 0 aliphatic heterocycles. The van der Waals surface area contributed by atoms with Gasteiger partial charge in [-0.15, -0.1) is 0 Å². The Kier molecular flexibility index (Phi) is 5.53. The molecule has 0 radical (unpaired) electrons. The third kappa shape index (κ3) is 3.92. The van der Waals surface area contributed by atoms with Gasteiger partial charge in [0.2, 0.25) is 0 Å². The summed E-state index contributed by atoms with van der Waals surface area (Å²) in [6.07, 6.45) is 8.73. The SMILES string of the molecule is CCCNCc1cncc(N(C)CC2(N(C)C)CCC2)n1. The monoisotopic (exact) mass is 291 g/mol. The van der Waals surface area contributed by atoms with Gasteiger partial charge in [-0.05, 0) is 46.3 Å². The van der Waals surface area contributed by atoms with Crippen molar-refractivity contribution in [2.24, 2.45) is 0 Å². The molecule has 21 heavy (non-hydrogen) atoms. The second kappa shape index (κ2) is 7.18. The molecule has 2 rings (SSSR count). The summed E-state index contributed by atoms with van der Waals surface area (Å²) in [6.45, 7) is 5.00. The summed E-state index contributed by atoms with van der Waals surface area (Å²) in [6, 6.07) is 0. The van der Waals surface area contributed by atoms with Gasteiger partial charge in [0.15, 0.2) is 0 Å². The van der Waals surface area contributed by atoms with Gasteiger partial charge in [0.1, 0.15) is 5.82 Å². The molecule has 0 bridgehead atoms. The Balaban J connectivity index is 1.98. The molecule has 1 aliphatic rings. The molecule has 5 heteroatoms. The third-order valence-corrected chi connectivity index (χ3v) is 4.56. The van der Waals surface area contributed by atoms with Gasteiger partial charge in [0, 0.05) is 31.9 Å². The number of aromatic nitrogens is 2. The van der Waals surface area contributed by atoms with Crippen molar-refractivity contribution in [3.05, 3.63) is 18.1 Å². The number of nitrogens with zero attached hydrogens (tertiary/aromatic N) is 4. The van der Waals surface area contributed by atoms with Crippen LogP contribution in [0.5, 0.6) is 0 Å². The minimum Gasteiger partial charge on any atom is -0.357 e. The number of nitrogens with one attached hydrogen (secondary N) is 1. The Labute approximate surface area is 128 Å². The van der Waals surface area contributed by atoms with Crippen molar-refractivity contribution >= 4 is 5.82 Å². The maximum Gasteiger partial charge on any atom is 0.147 e. The highest BCUT2D eigenvalue weighted by molar-refractivity contribution is 5.36. The minimum atomic E-state index is 0.312. The topological polar surface area (TPSA) is 44.3 Å². The Hall–Kier alpha value is -1.20. The summed E-state index contributed by atoms with van der Waals surface area (Å²) in [5.41, 5.74) is 1.33. The first-order valence-corrected chi connectivity index (χ1v) is 7.97. The van der Waals surface area contributed by atoms with Crippen LogP contribution in [0, 0.1) is 0 Å². The Morgan fingerprint density at radius 1 is 1.24 bits per heavy atom. The van der Waals surface area contributed by atoms with E-state index in [0.29, 0.717) is 5.54 Å². The molecule has 1 saturated carbocycles. The molecular weight excluding hydrogens is 262 g/mol. The summed E-state index contributed by atoms with van der Waals surface area (Å²) in [5, 5.41) is 3.38. The zero-order chi connectivity index (χ0) is 15.3. The molecule has 1 N–H and O–H groups in total. The van der Waals surface area contributed by atoms with Crippen LogP contribution in [0.25, 0.3) is 0 Å². The molecule has 0 atom stereocenters. The van der Waals surface area contributed by atoms with Gasteiger partial charge in [-0.3, -0.25) is 4.98 Å². The largest absolute Gasteiger partial charge is 0.357 e. The van der Waals surface area contributed by atoms with Crippen LogP contribution in [0.2, 0.25) is 0 Å². The van der Waals surface area contributed by atoms with Gasteiger partial charge in [-0.25, -0.2) is 4.98 Å². The lowest BCUT2D eigenvalue weighted by atomic mass is 9.75. The quantitative estimate of drug-likeness (QED) is 0.741. The summed E-state index contributed by atoms with van der Waals surface area (Å²) in [7, 11) is 6.49. The van der Waals surface area contributed by atoms with Gasteiger partial charge in [0.25, 0.3) is 0 Å². The lowest BCUT2D eigenvalue weighted by Gasteiger charge is -2.49. The fourth-order valence-corrected chi connectivity index (χ4v) is 2.91. The molecule has 0 spiro atoms. The van der Waals surface area contributed by atoms with E-state index in [1.54, 1.807) is 0 Å². The van der Waals surface area contributed by atoms with E-state index < -0.39 is 0 Å². The van der Waals surface area contributed by atoms with Crippen LogP contribution in [-0.4, -0.2) is 54.6 Å². The zero-order valence-corrected chi connectivity index (χ0v) is 13.9. The summed E-state index contributed by atoms with van der Waals surface area (Å²) < 4.78 is 0. The maximum atomic E-state index is 4.73. The molecule has 1 aromatic rings. The number of rotatable bonds is 8. The average Bonchev–Trinajstić information content (AvgIpc) is 2.43. The van der Waals surface area contributed by atoms with Gasteiger partial charge in [-0.1, -0.05) is 6.92 Å². The summed E-state index contributed by atoms with van der Waals surface area (Å²) >= 11 is 0. The van der Waals surface area contributed by atoms with Gasteiger partial charge in [-0.2, -0.15) is 0 Å². The highest BCUT2D eigenvalue weighted by Crippen LogP contribution is 2.37. The Morgan fingerprint density at radius 2 is 2.00 bits per heavy atom. The van der Waals surface area contributed by atoms with E-state index in [4.69, 9.17) is 4.98 Å². The lowest BCUT2D eigenvalue weighted by molar-refractivity contribution is 0.0681. The van der Waals surface area contributed by atoms with Crippen molar-refractivity contribution in [3.8, 4) is 0 Å². The molecule has 0 aromatic carbocycles. The van der Waals surface area contributed by atoms with Crippen molar-refractivity contribution < 1.29 is 0 Å². The van der Waals surface area contributed by atoms with Crippen molar-refractivity contribution in [2.75, 3.05) is 39.1 Å². The average molecular weight is 291 g/mol. The second-order valence-electron chi connectivity index (χ2n) is 6.37. The molecule has 5 nitrogen and oxygen atoms in total. The van der Waals surface area contributed by atoms with E-state index in [1.807, 2.05) is 12.4 Å². The maximum absolute atomic E-state index is 4.73. The molecule has 0 amide bonds. The molecule has 1 heterocycles. The van der Waals surface area contributed by atoms with Gasteiger partial charge >= 0.3 is 0 Å². The molecule has 0 unspecified atom stereocenters. The highest BCUT2D eigenvalue weighted by Gasteiger charge is 2.40. The predicted molar refractivity (Wildman–Crippen MR) is 87.6 cm³/mol. The third-order valence-electron chi connectivity index (χ3n) is 4.56. The fourth-order valence-electron chi connectivity index (χ4n) is 2.91. The predicted octanol–water partition coefficient (Wildman–Crippen LogP) is 1.90. The molecule has 1 aromatic heterocycles. The number of anilines is 1. The van der Waals surface area contributed by atoms with Crippen LogP contribution >= 0.6 is 0 Å². The van der Waals surface area contributed by atoms with E-state index >= 15 is 0 Å². The Bertz CT molecular complexity index is 442. The smallest absolute Gasteiger partial charge is 0.147 e. The molecular formula is C16H29N5. The first kappa shape index (κ1) is 16.2. The van der Waals surface area contributed by atoms with Gasteiger partial charge < -0.3 is 15.1 Å². The van der Waals surface area contributed by atoms with Crippen molar-refractivity contribution in [1.82, 2.24) is 20.2 Å². The molecule has 1 aliphatic carbocycles. The fraction of sp³-hybridized carbons (Fsp3) is 0.750. The van der Waals surface area contributed by atoms with E-state index in [-0.39, 0.29) is 0 Å². The van der Waals surface area contributed by atoms with E-state index in [9.17, 15) is 0 Å². The molecule has 0 saturated heterocycles. The second-order valence-corrected chi connectivity index (χ2v) is 6.37. The van der Waals surface area contributed by atoms with Gasteiger partial charge in [0.05, 0.1) is 11.9 Å². The molecule has 1 fully saturated rings. The number of hydrogen-bond donors (Lipinski definition) is 1. The molecule has 118 valence electrons. The van der Waals surface area contributed by atoms with Crippen LogP contribution in [0.3, 0.4) is 0 Å². The number of likely N-dealkylation sites (N-methyl/N-ethyl adjacent to an activating group) is 2. The van der Waals surface area contributed by atoms with E-state index in [0.717, 1.165) is 37.6 Å². The van der Waals surface area contributed by atoms with Crippen LogP contribution < -0.4 is 10.2 Å². The summed E-state index contributed by atoms with van der Waals surface area (Å²) in [5.74, 6) is 0.971. The lowest BCUT2D eigenvalue weighted by Crippen LogP contribution is -2.56. The van der Waals surface area contributed by atoms with Crippen molar-refractivity contribution in [2.45, 2.75) is 44.7 Å². The Morgan fingerprint density at radius 3 is 2.57 bits per heavy atom. The van der Waals surface area contributed by atoms with Crippen molar-refractivity contribution in [3.63, 3.8) is 0 Å². The van der Waals surface area contributed by atoms with Crippen molar-refractivity contribution in [1.29, 1.82) is 0 Å². The zero-order valence-electron chi connectivity index (χ0n) is 13.9. The van der Waals surface area contributed by atoms with Crippen LogP contribution in [0.15, 0.2) is 12.4 Å². The van der Waals surface area contributed by atoms with E-state index in [1.165, 1.54) is 19.3 Å². The number of hydrogen-bond acceptors (Lipinski definition) is 5. The minimum absolute atomic E-state index is 0.312. The highest BCUT2D eigenvalue weighted by atomic mass is 15.3. The first-order chi connectivity index (χ1) is 10.1. The first-order valence-electron chi connectivity index (χ1n) is 7.97. The van der Waals surface area contributed by atoms with Crippen LogP contribution in [-0.2, 0) is 6.54 Å². The van der Waals surface area contributed by atoms with Crippen LogP contribution in [0.4, 0.5) is 5.82 Å².